The van der Waals surface area contributed by atoms with E-state index in [9.17, 15) is 9.59 Å². The fraction of sp³-hybridized carbons (Fsp3) is 0.417. The number of carbonyl (C=O) groups is 2. The zero-order valence-corrected chi connectivity index (χ0v) is 17.8. The van der Waals surface area contributed by atoms with Crippen LogP contribution in [0.1, 0.15) is 50.8 Å². The molecule has 2 aliphatic heterocycles. The van der Waals surface area contributed by atoms with Crippen molar-refractivity contribution in [2.75, 3.05) is 44.2 Å². The highest BCUT2D eigenvalue weighted by molar-refractivity contribution is 5.93. The molecule has 2 amide bonds. The third-order valence-corrected chi connectivity index (χ3v) is 6.29. The first-order valence-corrected chi connectivity index (χ1v) is 10.9. The first kappa shape index (κ1) is 21.3. The Hall–Kier alpha value is -2.90. The molecule has 2 aromatic rings. The van der Waals surface area contributed by atoms with Gasteiger partial charge in [-0.25, -0.2) is 0 Å². The molecule has 2 heterocycles. The molecule has 1 unspecified atom stereocenters. The molecule has 0 bridgehead atoms. The van der Waals surface area contributed by atoms with Crippen molar-refractivity contribution in [3.8, 4) is 0 Å². The lowest BCUT2D eigenvalue weighted by molar-refractivity contribution is 0.0331. The standard InChI is InChI=1S/C24H30N4O3/c25-23(29)17-3-6-20(7-4-17)28-13-11-27(12-14-28)10-1-2-22-21-8-5-19(24(26)30)16-18(21)9-15-31-22/h3-8,16,22H,1-2,9-15H2,(H2,25,29)(H2,26,30). The summed E-state index contributed by atoms with van der Waals surface area (Å²) in [6, 6.07) is 13.2. The number of nitrogens with zero attached hydrogens (tertiary/aromatic N) is 2. The Morgan fingerprint density at radius 1 is 0.935 bits per heavy atom. The number of fused-ring (bicyclic) bond motifs is 1. The smallest absolute Gasteiger partial charge is 0.248 e. The first-order chi connectivity index (χ1) is 15.0. The Balaban J connectivity index is 1.25. The number of benzene rings is 2. The van der Waals surface area contributed by atoms with Gasteiger partial charge in [0.25, 0.3) is 0 Å². The fourth-order valence-electron chi connectivity index (χ4n) is 4.50. The highest BCUT2D eigenvalue weighted by atomic mass is 16.5. The van der Waals surface area contributed by atoms with Crippen LogP contribution in [0.15, 0.2) is 42.5 Å². The van der Waals surface area contributed by atoms with E-state index in [1.165, 1.54) is 11.1 Å². The summed E-state index contributed by atoms with van der Waals surface area (Å²) < 4.78 is 6.02. The number of amides is 2. The van der Waals surface area contributed by atoms with Crippen molar-refractivity contribution in [2.24, 2.45) is 11.5 Å². The summed E-state index contributed by atoms with van der Waals surface area (Å²) in [5, 5.41) is 0. The zero-order valence-electron chi connectivity index (χ0n) is 17.8. The Morgan fingerprint density at radius 3 is 2.29 bits per heavy atom. The van der Waals surface area contributed by atoms with E-state index in [-0.39, 0.29) is 12.0 Å². The van der Waals surface area contributed by atoms with Crippen molar-refractivity contribution in [3.63, 3.8) is 0 Å². The predicted octanol–water partition coefficient (Wildman–Crippen LogP) is 2.10. The van der Waals surface area contributed by atoms with Gasteiger partial charge in [0.15, 0.2) is 0 Å². The fourth-order valence-corrected chi connectivity index (χ4v) is 4.50. The molecule has 0 radical (unpaired) electrons. The van der Waals surface area contributed by atoms with Gasteiger partial charge < -0.3 is 21.1 Å². The van der Waals surface area contributed by atoms with Crippen LogP contribution in [0.5, 0.6) is 0 Å². The van der Waals surface area contributed by atoms with Crippen LogP contribution >= 0.6 is 0 Å². The number of hydrogen-bond donors (Lipinski definition) is 2. The molecule has 31 heavy (non-hydrogen) atoms. The van der Waals surface area contributed by atoms with E-state index < -0.39 is 5.91 Å². The van der Waals surface area contributed by atoms with Crippen molar-refractivity contribution < 1.29 is 14.3 Å². The average molecular weight is 423 g/mol. The van der Waals surface area contributed by atoms with Crippen LogP contribution < -0.4 is 16.4 Å². The molecule has 2 aromatic carbocycles. The molecule has 7 heteroatoms. The summed E-state index contributed by atoms with van der Waals surface area (Å²) in [6.45, 7) is 5.70. The lowest BCUT2D eigenvalue weighted by atomic mass is 9.93. The number of primary amides is 2. The lowest BCUT2D eigenvalue weighted by Gasteiger charge is -2.36. The van der Waals surface area contributed by atoms with Crippen LogP contribution in [-0.2, 0) is 11.2 Å². The van der Waals surface area contributed by atoms with Crippen LogP contribution in [0.25, 0.3) is 0 Å². The number of ether oxygens (including phenoxy) is 1. The average Bonchev–Trinajstić information content (AvgIpc) is 2.79. The largest absolute Gasteiger partial charge is 0.373 e. The van der Waals surface area contributed by atoms with Crippen LogP contribution in [-0.4, -0.2) is 56.0 Å². The van der Waals surface area contributed by atoms with E-state index in [2.05, 4.69) is 9.80 Å². The molecule has 4 N–H and O–H groups in total. The molecule has 2 aliphatic rings. The number of anilines is 1. The van der Waals surface area contributed by atoms with Gasteiger partial charge in [0.1, 0.15) is 0 Å². The molecule has 164 valence electrons. The first-order valence-electron chi connectivity index (χ1n) is 10.9. The van der Waals surface area contributed by atoms with Crippen molar-refractivity contribution in [3.05, 3.63) is 64.7 Å². The SMILES string of the molecule is NC(=O)c1ccc(N2CCN(CCCC3OCCc4cc(C(N)=O)ccc43)CC2)cc1. The van der Waals surface area contributed by atoms with E-state index in [0.29, 0.717) is 17.7 Å². The number of nitrogens with two attached hydrogens (primary N) is 2. The highest BCUT2D eigenvalue weighted by Gasteiger charge is 2.23. The Kier molecular flexibility index (Phi) is 6.53. The molecule has 1 atom stereocenters. The van der Waals surface area contributed by atoms with Crippen molar-refractivity contribution in [2.45, 2.75) is 25.4 Å². The van der Waals surface area contributed by atoms with Gasteiger partial charge >= 0.3 is 0 Å². The lowest BCUT2D eigenvalue weighted by Crippen LogP contribution is -2.46. The second-order valence-electron chi connectivity index (χ2n) is 8.27. The molecule has 7 nitrogen and oxygen atoms in total. The zero-order chi connectivity index (χ0) is 21.8. The minimum atomic E-state index is -0.394. The summed E-state index contributed by atoms with van der Waals surface area (Å²) in [5.41, 5.74) is 15.4. The second-order valence-corrected chi connectivity index (χ2v) is 8.27. The van der Waals surface area contributed by atoms with E-state index in [1.807, 2.05) is 24.3 Å². The Bertz CT molecular complexity index is 936. The third kappa shape index (κ3) is 5.06. The number of carbonyl (C=O) groups excluding carboxylic acids is 2. The summed E-state index contributed by atoms with van der Waals surface area (Å²) in [7, 11) is 0. The summed E-state index contributed by atoms with van der Waals surface area (Å²) in [5.74, 6) is -0.775. The molecule has 1 saturated heterocycles. The van der Waals surface area contributed by atoms with E-state index in [0.717, 1.165) is 57.7 Å². The molecule has 1 fully saturated rings. The van der Waals surface area contributed by atoms with Crippen LogP contribution in [0.2, 0.25) is 0 Å². The monoisotopic (exact) mass is 422 g/mol. The van der Waals surface area contributed by atoms with Crippen LogP contribution in [0.4, 0.5) is 5.69 Å². The quantitative estimate of drug-likeness (QED) is 0.712. The van der Waals surface area contributed by atoms with Crippen molar-refractivity contribution >= 4 is 17.5 Å². The number of rotatable bonds is 7. The molecule has 0 aromatic heterocycles. The number of piperazine rings is 1. The normalized spacial score (nSPS) is 19.1. The van der Waals surface area contributed by atoms with Gasteiger partial charge in [0, 0.05) is 43.0 Å². The maximum absolute atomic E-state index is 11.4. The van der Waals surface area contributed by atoms with Gasteiger partial charge in [-0.05, 0) is 73.3 Å². The van der Waals surface area contributed by atoms with Gasteiger partial charge in [0.2, 0.25) is 11.8 Å². The molecule has 0 saturated carbocycles. The Labute approximate surface area is 182 Å². The Morgan fingerprint density at radius 2 is 1.61 bits per heavy atom. The summed E-state index contributed by atoms with van der Waals surface area (Å²) in [6.07, 6.45) is 2.96. The molecule has 0 spiro atoms. The minimum Gasteiger partial charge on any atom is -0.373 e. The summed E-state index contributed by atoms with van der Waals surface area (Å²) in [4.78, 5) is 27.5. The van der Waals surface area contributed by atoms with E-state index in [4.69, 9.17) is 16.2 Å². The topological polar surface area (TPSA) is 102 Å². The predicted molar refractivity (Wildman–Crippen MR) is 120 cm³/mol. The molecule has 0 aliphatic carbocycles. The van der Waals surface area contributed by atoms with Gasteiger partial charge in [-0.2, -0.15) is 0 Å². The van der Waals surface area contributed by atoms with Crippen LogP contribution in [0, 0.1) is 0 Å². The van der Waals surface area contributed by atoms with E-state index >= 15 is 0 Å². The maximum atomic E-state index is 11.4. The van der Waals surface area contributed by atoms with Gasteiger partial charge in [-0.3, -0.25) is 14.5 Å². The molecule has 4 rings (SSSR count). The molecular weight excluding hydrogens is 392 g/mol. The maximum Gasteiger partial charge on any atom is 0.248 e. The highest BCUT2D eigenvalue weighted by Crippen LogP contribution is 2.31. The van der Waals surface area contributed by atoms with Gasteiger partial charge in [0.05, 0.1) is 12.7 Å². The van der Waals surface area contributed by atoms with Crippen LogP contribution in [0.3, 0.4) is 0 Å². The van der Waals surface area contributed by atoms with Gasteiger partial charge in [-0.15, -0.1) is 0 Å². The van der Waals surface area contributed by atoms with E-state index in [1.54, 1.807) is 18.2 Å². The number of hydrogen-bond acceptors (Lipinski definition) is 5. The van der Waals surface area contributed by atoms with Crippen molar-refractivity contribution in [1.29, 1.82) is 0 Å². The third-order valence-electron chi connectivity index (χ3n) is 6.29. The van der Waals surface area contributed by atoms with Gasteiger partial charge in [-0.1, -0.05) is 6.07 Å². The van der Waals surface area contributed by atoms with Crippen molar-refractivity contribution in [1.82, 2.24) is 4.90 Å². The second kappa shape index (κ2) is 9.49. The minimum absolute atomic E-state index is 0.0933. The summed E-state index contributed by atoms with van der Waals surface area (Å²) >= 11 is 0. The molecular formula is C24H30N4O3.